The molecule has 3 aliphatic heterocycles. The van der Waals surface area contributed by atoms with Gasteiger partial charge in [-0.25, -0.2) is 4.98 Å². The third-order valence-corrected chi connectivity index (χ3v) is 9.28. The summed E-state index contributed by atoms with van der Waals surface area (Å²) in [5, 5.41) is 3.71. The van der Waals surface area contributed by atoms with E-state index in [1.54, 1.807) is 6.20 Å². The topological polar surface area (TPSA) is 74.8 Å². The Balaban J connectivity index is 1.04. The van der Waals surface area contributed by atoms with Crippen LogP contribution in [0.4, 0.5) is 11.5 Å². The van der Waals surface area contributed by atoms with Crippen LogP contribution in [0.25, 0.3) is 0 Å². The summed E-state index contributed by atoms with van der Waals surface area (Å²) in [6.07, 6.45) is 6.71. The van der Waals surface area contributed by atoms with Gasteiger partial charge in [0, 0.05) is 29.7 Å². The minimum atomic E-state index is -0.473. The summed E-state index contributed by atoms with van der Waals surface area (Å²) in [5.74, 6) is 3.24. The second-order valence-corrected chi connectivity index (χ2v) is 11.9. The number of carbonyl (C=O) groups excluding carboxylic acids is 2. The van der Waals surface area contributed by atoms with Crippen molar-refractivity contribution in [3.63, 3.8) is 0 Å². The highest BCUT2D eigenvalue weighted by atomic mass is 35.5. The van der Waals surface area contributed by atoms with E-state index in [0.29, 0.717) is 29.9 Å². The molecule has 0 atom stereocenters. The monoisotopic (exact) mass is 522 g/mol. The summed E-state index contributed by atoms with van der Waals surface area (Å²) in [6.45, 7) is 7.54. The maximum Gasteiger partial charge on any atom is 0.235 e. The highest BCUT2D eigenvalue weighted by Gasteiger charge is 2.48. The van der Waals surface area contributed by atoms with E-state index in [4.69, 9.17) is 16.3 Å². The number of ether oxygens (including phenoxy) is 1. The predicted molar refractivity (Wildman–Crippen MR) is 144 cm³/mol. The van der Waals surface area contributed by atoms with Crippen molar-refractivity contribution in [3.8, 4) is 5.75 Å². The second kappa shape index (κ2) is 9.59. The van der Waals surface area contributed by atoms with Crippen molar-refractivity contribution in [2.24, 2.45) is 11.8 Å². The second-order valence-electron chi connectivity index (χ2n) is 11.5. The van der Waals surface area contributed by atoms with Crippen LogP contribution in [-0.2, 0) is 21.4 Å². The van der Waals surface area contributed by atoms with Crippen molar-refractivity contribution in [2.45, 2.75) is 63.8 Å². The van der Waals surface area contributed by atoms with E-state index in [1.807, 2.05) is 23.1 Å². The lowest BCUT2D eigenvalue weighted by Gasteiger charge is -2.45. The van der Waals surface area contributed by atoms with Crippen LogP contribution in [0.1, 0.15) is 57.1 Å². The first-order chi connectivity index (χ1) is 17.8. The number of piperidine rings is 1. The molecule has 37 heavy (non-hydrogen) atoms. The fraction of sp³-hybridized carbons (Fsp3) is 0.552. The Morgan fingerprint density at radius 1 is 1.16 bits per heavy atom. The number of fused-ring (bicyclic) bond motifs is 3. The molecule has 1 aliphatic carbocycles. The SMILES string of the molecule is CC(C)C1CC(N2C(=O)CCc3cc(OCCN4CCC5(CC4)C(=O)Nc4ccc(Cl)cc45)cnc32)C1. The van der Waals surface area contributed by atoms with Crippen molar-refractivity contribution >= 4 is 34.9 Å². The van der Waals surface area contributed by atoms with Crippen LogP contribution < -0.4 is 15.0 Å². The molecule has 1 aromatic carbocycles. The third-order valence-electron chi connectivity index (χ3n) is 9.05. The number of anilines is 2. The molecule has 1 saturated carbocycles. The number of hydrogen-bond acceptors (Lipinski definition) is 5. The molecule has 7 nitrogen and oxygen atoms in total. The molecule has 8 heteroatoms. The smallest absolute Gasteiger partial charge is 0.235 e. The molecule has 1 aromatic heterocycles. The van der Waals surface area contributed by atoms with Gasteiger partial charge in [0.25, 0.3) is 0 Å². The molecule has 4 heterocycles. The minimum Gasteiger partial charge on any atom is -0.491 e. The maximum absolute atomic E-state index is 12.9. The Morgan fingerprint density at radius 3 is 2.70 bits per heavy atom. The summed E-state index contributed by atoms with van der Waals surface area (Å²) in [4.78, 5) is 34.6. The lowest BCUT2D eigenvalue weighted by atomic mass is 9.72. The summed E-state index contributed by atoms with van der Waals surface area (Å²) in [6, 6.07) is 8.02. The molecule has 1 spiro atoms. The van der Waals surface area contributed by atoms with E-state index in [9.17, 15) is 9.59 Å². The molecule has 0 radical (unpaired) electrons. The van der Waals surface area contributed by atoms with Gasteiger partial charge < -0.3 is 10.1 Å². The number of rotatable bonds is 6. The number of pyridine rings is 1. The zero-order chi connectivity index (χ0) is 25.7. The van der Waals surface area contributed by atoms with Crippen LogP contribution >= 0.6 is 11.6 Å². The zero-order valence-corrected chi connectivity index (χ0v) is 22.4. The Morgan fingerprint density at radius 2 is 1.95 bits per heavy atom. The van der Waals surface area contributed by atoms with E-state index in [1.165, 1.54) is 0 Å². The van der Waals surface area contributed by atoms with Gasteiger partial charge in [-0.3, -0.25) is 19.4 Å². The number of likely N-dealkylation sites (tertiary alicyclic amines) is 1. The minimum absolute atomic E-state index is 0.0925. The van der Waals surface area contributed by atoms with Gasteiger partial charge in [-0.2, -0.15) is 0 Å². The molecule has 4 aliphatic rings. The number of hydrogen-bond donors (Lipinski definition) is 1. The summed E-state index contributed by atoms with van der Waals surface area (Å²) < 4.78 is 6.09. The van der Waals surface area contributed by atoms with Crippen molar-refractivity contribution < 1.29 is 14.3 Å². The highest BCUT2D eigenvalue weighted by Crippen LogP contribution is 2.46. The average molecular weight is 523 g/mol. The van der Waals surface area contributed by atoms with E-state index < -0.39 is 5.41 Å². The molecule has 1 N–H and O–H groups in total. The van der Waals surface area contributed by atoms with Crippen molar-refractivity contribution in [3.05, 3.63) is 46.6 Å². The van der Waals surface area contributed by atoms with Crippen molar-refractivity contribution in [1.29, 1.82) is 0 Å². The average Bonchev–Trinajstić information content (AvgIpc) is 3.11. The van der Waals surface area contributed by atoms with Gasteiger partial charge in [-0.15, -0.1) is 0 Å². The molecular weight excluding hydrogens is 488 g/mol. The van der Waals surface area contributed by atoms with Gasteiger partial charge in [0.2, 0.25) is 11.8 Å². The number of benzene rings is 1. The molecule has 0 unspecified atom stereocenters. The van der Waals surface area contributed by atoms with E-state index in [-0.39, 0.29) is 17.9 Å². The standard InChI is InChI=1S/C29H35ClN4O3/c1-18(2)20-13-22(14-20)34-26(35)6-3-19-15-23(17-31-27(19)34)37-12-11-33-9-7-29(8-10-33)24-16-21(30)4-5-25(24)32-28(29)36/h4-5,15-18,20,22H,3,6-14H2,1-2H3,(H,32,36). The van der Waals surface area contributed by atoms with E-state index in [2.05, 4.69) is 35.1 Å². The van der Waals surface area contributed by atoms with Gasteiger partial charge in [0.1, 0.15) is 18.2 Å². The molecule has 2 fully saturated rings. The lowest BCUT2D eigenvalue weighted by molar-refractivity contribution is -0.122. The summed E-state index contributed by atoms with van der Waals surface area (Å²) >= 11 is 6.24. The van der Waals surface area contributed by atoms with Gasteiger partial charge in [-0.1, -0.05) is 25.4 Å². The number of aryl methyl sites for hydroxylation is 1. The third kappa shape index (κ3) is 4.40. The number of halogens is 1. The number of aromatic nitrogens is 1. The molecular formula is C29H35ClN4O3. The van der Waals surface area contributed by atoms with E-state index >= 15 is 0 Å². The molecule has 6 rings (SSSR count). The fourth-order valence-corrected chi connectivity index (χ4v) is 6.71. The molecule has 196 valence electrons. The maximum atomic E-state index is 12.9. The van der Waals surface area contributed by atoms with Crippen LogP contribution in [0.2, 0.25) is 5.02 Å². The molecule has 0 bridgehead atoms. The summed E-state index contributed by atoms with van der Waals surface area (Å²) in [7, 11) is 0. The Kier molecular flexibility index (Phi) is 6.40. The Labute approximate surface area is 223 Å². The van der Waals surface area contributed by atoms with Gasteiger partial charge in [-0.05, 0) is 92.4 Å². The van der Waals surface area contributed by atoms with E-state index in [0.717, 1.165) is 80.1 Å². The van der Waals surface area contributed by atoms with Crippen molar-refractivity contribution in [1.82, 2.24) is 9.88 Å². The fourth-order valence-electron chi connectivity index (χ4n) is 6.54. The Hall–Kier alpha value is -2.64. The van der Waals surface area contributed by atoms with Crippen LogP contribution in [0.3, 0.4) is 0 Å². The quantitative estimate of drug-likeness (QED) is 0.589. The van der Waals surface area contributed by atoms with Crippen LogP contribution in [0.15, 0.2) is 30.5 Å². The van der Waals surface area contributed by atoms with Gasteiger partial charge in [0.15, 0.2) is 0 Å². The first-order valence-electron chi connectivity index (χ1n) is 13.6. The van der Waals surface area contributed by atoms with Crippen LogP contribution in [0, 0.1) is 11.8 Å². The van der Waals surface area contributed by atoms with Gasteiger partial charge in [0.05, 0.1) is 11.6 Å². The highest BCUT2D eigenvalue weighted by molar-refractivity contribution is 6.31. The number of amides is 2. The number of carbonyl (C=O) groups is 2. The van der Waals surface area contributed by atoms with Gasteiger partial charge >= 0.3 is 0 Å². The Bertz CT molecular complexity index is 1220. The number of nitrogens with zero attached hydrogens (tertiary/aromatic N) is 3. The largest absolute Gasteiger partial charge is 0.491 e. The van der Waals surface area contributed by atoms with Crippen LogP contribution in [0.5, 0.6) is 5.75 Å². The molecule has 2 aromatic rings. The lowest BCUT2D eigenvalue weighted by Crippen LogP contribution is -2.51. The normalized spacial score (nSPS) is 24.6. The molecule has 2 amide bonds. The predicted octanol–water partition coefficient (Wildman–Crippen LogP) is 4.81. The first kappa shape index (κ1) is 24.7. The van der Waals surface area contributed by atoms with Crippen LogP contribution in [-0.4, -0.2) is 54.0 Å². The molecule has 1 saturated heterocycles. The number of nitrogens with one attached hydrogen (secondary N) is 1. The zero-order valence-electron chi connectivity index (χ0n) is 21.6. The first-order valence-corrected chi connectivity index (χ1v) is 14.0. The van der Waals surface area contributed by atoms with Crippen molar-refractivity contribution in [2.75, 3.05) is 36.5 Å². The summed E-state index contributed by atoms with van der Waals surface area (Å²) in [5.41, 5.74) is 2.56.